The fraction of sp³-hybridized carbons (Fsp3) is 0.600. The number of nitrogens with zero attached hydrogens (tertiary/aromatic N) is 2. The second-order valence-corrected chi connectivity index (χ2v) is 5.28. The number of rotatable bonds is 6. The quantitative estimate of drug-likeness (QED) is 0.745. The number of methoxy groups -OCH3 is 1. The molecule has 1 amide bonds. The molecule has 2 rings (SSSR count). The van der Waals surface area contributed by atoms with Crippen molar-refractivity contribution < 1.29 is 9.53 Å². The average Bonchev–Trinajstić information content (AvgIpc) is 2.68. The third-order valence-corrected chi connectivity index (χ3v) is 3.48. The molecule has 0 aliphatic carbocycles. The third-order valence-electron chi connectivity index (χ3n) is 3.48. The molecule has 0 saturated carbocycles. The monoisotopic (exact) mass is 292 g/mol. The molecule has 1 aliphatic heterocycles. The molecule has 2 heterocycles. The van der Waals surface area contributed by atoms with E-state index in [1.54, 1.807) is 7.11 Å². The zero-order valence-electron chi connectivity index (χ0n) is 12.8. The van der Waals surface area contributed by atoms with E-state index in [0.29, 0.717) is 13.2 Å². The van der Waals surface area contributed by atoms with Gasteiger partial charge >= 0.3 is 0 Å². The molecule has 1 aromatic heterocycles. The Bertz CT molecular complexity index is 479. The van der Waals surface area contributed by atoms with Gasteiger partial charge in [0.15, 0.2) is 0 Å². The molecule has 0 bridgehead atoms. The molecule has 21 heavy (non-hydrogen) atoms. The summed E-state index contributed by atoms with van der Waals surface area (Å²) in [5, 5.41) is 6.19. The van der Waals surface area contributed by atoms with Crippen LogP contribution in [0.4, 0.5) is 5.82 Å². The number of amides is 1. The maximum atomic E-state index is 11.6. The lowest BCUT2D eigenvalue weighted by molar-refractivity contribution is -0.119. The van der Waals surface area contributed by atoms with E-state index in [1.165, 1.54) is 0 Å². The van der Waals surface area contributed by atoms with E-state index in [2.05, 4.69) is 26.6 Å². The van der Waals surface area contributed by atoms with E-state index in [1.807, 2.05) is 13.1 Å². The predicted molar refractivity (Wildman–Crippen MR) is 82.4 cm³/mol. The molecule has 1 aliphatic rings. The highest BCUT2D eigenvalue weighted by Crippen LogP contribution is 2.18. The minimum absolute atomic E-state index is 0.0685. The lowest BCUT2D eigenvalue weighted by atomic mass is 10.2. The Labute approximate surface area is 125 Å². The summed E-state index contributed by atoms with van der Waals surface area (Å²) in [5.74, 6) is 0.978. The molecular weight excluding hydrogens is 268 g/mol. The van der Waals surface area contributed by atoms with Gasteiger partial charge in [0.1, 0.15) is 5.82 Å². The molecule has 2 N–H and O–H groups in total. The van der Waals surface area contributed by atoms with Crippen molar-refractivity contribution in [1.82, 2.24) is 15.6 Å². The second kappa shape index (κ2) is 7.95. The van der Waals surface area contributed by atoms with Crippen LogP contribution in [-0.2, 0) is 16.1 Å². The van der Waals surface area contributed by atoms with Gasteiger partial charge in [-0.2, -0.15) is 0 Å². The van der Waals surface area contributed by atoms with Gasteiger partial charge in [0, 0.05) is 39.5 Å². The average molecular weight is 292 g/mol. The van der Waals surface area contributed by atoms with Gasteiger partial charge in [-0.3, -0.25) is 4.79 Å². The van der Waals surface area contributed by atoms with Crippen LogP contribution in [0.3, 0.4) is 0 Å². The number of hydrogen-bond acceptors (Lipinski definition) is 5. The molecule has 0 spiro atoms. The smallest absolute Gasteiger partial charge is 0.239 e. The second-order valence-electron chi connectivity index (χ2n) is 5.28. The minimum atomic E-state index is 0.0685. The van der Waals surface area contributed by atoms with Crippen LogP contribution in [0.25, 0.3) is 0 Å². The van der Waals surface area contributed by atoms with Gasteiger partial charge in [0.25, 0.3) is 0 Å². The summed E-state index contributed by atoms with van der Waals surface area (Å²) >= 11 is 0. The first-order valence-electron chi connectivity index (χ1n) is 7.37. The van der Waals surface area contributed by atoms with Crippen molar-refractivity contribution in [3.8, 4) is 0 Å². The lowest BCUT2D eigenvalue weighted by Gasteiger charge is -2.22. The summed E-state index contributed by atoms with van der Waals surface area (Å²) in [6.45, 7) is 6.34. The van der Waals surface area contributed by atoms with Crippen molar-refractivity contribution in [3.05, 3.63) is 23.4 Å². The number of pyridine rings is 1. The summed E-state index contributed by atoms with van der Waals surface area (Å²) in [5.41, 5.74) is 2.25. The zero-order chi connectivity index (χ0) is 15.1. The highest BCUT2D eigenvalue weighted by atomic mass is 16.5. The Morgan fingerprint density at radius 1 is 1.52 bits per heavy atom. The Morgan fingerprint density at radius 2 is 2.38 bits per heavy atom. The van der Waals surface area contributed by atoms with Crippen molar-refractivity contribution in [1.29, 1.82) is 0 Å². The molecule has 0 unspecified atom stereocenters. The Kier molecular flexibility index (Phi) is 5.95. The van der Waals surface area contributed by atoms with Crippen molar-refractivity contribution in [2.75, 3.05) is 44.8 Å². The first-order chi connectivity index (χ1) is 10.2. The van der Waals surface area contributed by atoms with Crippen molar-refractivity contribution in [3.63, 3.8) is 0 Å². The van der Waals surface area contributed by atoms with E-state index in [0.717, 1.165) is 49.5 Å². The van der Waals surface area contributed by atoms with Crippen molar-refractivity contribution in [2.24, 2.45) is 0 Å². The molecule has 0 aromatic carbocycles. The SMILES string of the molecule is COCCNCc1cnc(N2CCCNC(=O)C2)c(C)c1. The first-order valence-corrected chi connectivity index (χ1v) is 7.37. The summed E-state index contributed by atoms with van der Waals surface area (Å²) in [4.78, 5) is 18.3. The van der Waals surface area contributed by atoms with Gasteiger partial charge in [-0.1, -0.05) is 0 Å². The largest absolute Gasteiger partial charge is 0.383 e. The number of carbonyl (C=O) groups is 1. The van der Waals surface area contributed by atoms with Gasteiger partial charge in [-0.25, -0.2) is 4.98 Å². The highest BCUT2D eigenvalue weighted by molar-refractivity contribution is 5.81. The van der Waals surface area contributed by atoms with Gasteiger partial charge in [-0.15, -0.1) is 0 Å². The minimum Gasteiger partial charge on any atom is -0.383 e. The van der Waals surface area contributed by atoms with E-state index in [-0.39, 0.29) is 5.91 Å². The Balaban J connectivity index is 1.99. The van der Waals surface area contributed by atoms with Crippen LogP contribution in [0.1, 0.15) is 17.5 Å². The number of nitrogens with one attached hydrogen (secondary N) is 2. The molecule has 1 saturated heterocycles. The van der Waals surface area contributed by atoms with Crippen LogP contribution in [-0.4, -0.2) is 50.8 Å². The van der Waals surface area contributed by atoms with E-state index >= 15 is 0 Å². The third kappa shape index (κ3) is 4.68. The summed E-state index contributed by atoms with van der Waals surface area (Å²) in [7, 11) is 1.69. The maximum Gasteiger partial charge on any atom is 0.239 e. The van der Waals surface area contributed by atoms with Crippen LogP contribution in [0, 0.1) is 6.92 Å². The highest BCUT2D eigenvalue weighted by Gasteiger charge is 2.17. The maximum absolute atomic E-state index is 11.6. The number of anilines is 1. The fourth-order valence-electron chi connectivity index (χ4n) is 2.45. The van der Waals surface area contributed by atoms with Gasteiger partial charge in [-0.05, 0) is 30.5 Å². The van der Waals surface area contributed by atoms with Gasteiger partial charge in [0.2, 0.25) is 5.91 Å². The molecule has 6 heteroatoms. The van der Waals surface area contributed by atoms with Crippen molar-refractivity contribution in [2.45, 2.75) is 19.9 Å². The number of carbonyl (C=O) groups excluding carboxylic acids is 1. The summed E-state index contributed by atoms with van der Waals surface area (Å²) in [6, 6.07) is 2.13. The number of aromatic nitrogens is 1. The molecule has 1 fully saturated rings. The van der Waals surface area contributed by atoms with E-state index in [9.17, 15) is 4.79 Å². The Morgan fingerprint density at radius 3 is 3.14 bits per heavy atom. The Hall–Kier alpha value is -1.66. The number of aryl methyl sites for hydroxylation is 1. The predicted octanol–water partition coefficient (Wildman–Crippen LogP) is 0.452. The van der Waals surface area contributed by atoms with Crippen LogP contribution >= 0.6 is 0 Å². The number of hydrogen-bond donors (Lipinski definition) is 2. The first kappa shape index (κ1) is 15.7. The molecule has 1 aromatic rings. The van der Waals surface area contributed by atoms with Crippen LogP contribution in [0.15, 0.2) is 12.3 Å². The van der Waals surface area contributed by atoms with Crippen molar-refractivity contribution >= 4 is 11.7 Å². The normalized spacial score (nSPS) is 15.7. The zero-order valence-corrected chi connectivity index (χ0v) is 12.8. The lowest BCUT2D eigenvalue weighted by Crippen LogP contribution is -2.34. The molecule has 116 valence electrons. The van der Waals surface area contributed by atoms with Gasteiger partial charge in [0.05, 0.1) is 13.2 Å². The fourth-order valence-corrected chi connectivity index (χ4v) is 2.45. The van der Waals surface area contributed by atoms with Crippen LogP contribution in [0.5, 0.6) is 0 Å². The van der Waals surface area contributed by atoms with E-state index in [4.69, 9.17) is 4.74 Å². The van der Waals surface area contributed by atoms with E-state index < -0.39 is 0 Å². The molecule has 0 radical (unpaired) electrons. The molecule has 0 atom stereocenters. The number of ether oxygens (including phenoxy) is 1. The van der Waals surface area contributed by atoms with Crippen LogP contribution < -0.4 is 15.5 Å². The standard InChI is InChI=1S/C15H24N4O2/c1-12-8-13(9-16-5-7-21-2)10-18-15(12)19-6-3-4-17-14(20)11-19/h8,10,16H,3-7,9,11H2,1-2H3,(H,17,20). The van der Waals surface area contributed by atoms with Crippen LogP contribution in [0.2, 0.25) is 0 Å². The summed E-state index contributed by atoms with van der Waals surface area (Å²) in [6.07, 6.45) is 2.83. The molecule has 6 nitrogen and oxygen atoms in total. The summed E-state index contributed by atoms with van der Waals surface area (Å²) < 4.78 is 5.00. The van der Waals surface area contributed by atoms with Gasteiger partial charge < -0.3 is 20.3 Å². The molecular formula is C15H24N4O2. The topological polar surface area (TPSA) is 66.5 Å².